The summed E-state index contributed by atoms with van der Waals surface area (Å²) in [4.78, 5) is 8.29. The predicted molar refractivity (Wildman–Crippen MR) is 56.9 cm³/mol. The SMILES string of the molecule is c1cncc([C@H]2CNC[C@H]2c2ncon2)c1. The largest absolute Gasteiger partial charge is 0.343 e. The quantitative estimate of drug-likeness (QED) is 0.809. The Bertz CT molecular complexity index is 442. The Morgan fingerprint density at radius 3 is 3.00 bits per heavy atom. The lowest BCUT2D eigenvalue weighted by atomic mass is 9.89. The summed E-state index contributed by atoms with van der Waals surface area (Å²) >= 11 is 0. The Morgan fingerprint density at radius 2 is 2.25 bits per heavy atom. The van der Waals surface area contributed by atoms with Crippen LogP contribution in [0.2, 0.25) is 0 Å². The van der Waals surface area contributed by atoms with E-state index in [9.17, 15) is 0 Å². The Balaban J connectivity index is 1.90. The summed E-state index contributed by atoms with van der Waals surface area (Å²) in [6, 6.07) is 4.05. The minimum Gasteiger partial charge on any atom is -0.343 e. The van der Waals surface area contributed by atoms with Crippen LogP contribution in [0.25, 0.3) is 0 Å². The van der Waals surface area contributed by atoms with E-state index in [4.69, 9.17) is 4.52 Å². The normalized spacial score (nSPS) is 24.8. The van der Waals surface area contributed by atoms with Gasteiger partial charge in [0, 0.05) is 37.3 Å². The minimum atomic E-state index is 0.281. The van der Waals surface area contributed by atoms with E-state index in [2.05, 4.69) is 26.5 Å². The van der Waals surface area contributed by atoms with E-state index in [0.29, 0.717) is 5.92 Å². The third-order valence-electron chi connectivity index (χ3n) is 3.04. The zero-order valence-corrected chi connectivity index (χ0v) is 8.71. The molecule has 0 aliphatic carbocycles. The molecule has 1 N–H and O–H groups in total. The van der Waals surface area contributed by atoms with Crippen molar-refractivity contribution in [2.45, 2.75) is 11.8 Å². The van der Waals surface area contributed by atoms with Gasteiger partial charge in [0.1, 0.15) is 0 Å². The lowest BCUT2D eigenvalue weighted by Gasteiger charge is -2.14. The molecule has 0 saturated carbocycles. The molecule has 3 heterocycles. The van der Waals surface area contributed by atoms with Crippen molar-refractivity contribution >= 4 is 0 Å². The molecule has 2 atom stereocenters. The third-order valence-corrected chi connectivity index (χ3v) is 3.04. The van der Waals surface area contributed by atoms with E-state index in [-0.39, 0.29) is 5.92 Å². The minimum absolute atomic E-state index is 0.281. The maximum atomic E-state index is 4.81. The first-order valence-corrected chi connectivity index (χ1v) is 5.32. The fraction of sp³-hybridized carbons (Fsp3) is 0.364. The zero-order chi connectivity index (χ0) is 10.8. The van der Waals surface area contributed by atoms with Crippen LogP contribution >= 0.6 is 0 Å². The Morgan fingerprint density at radius 1 is 1.31 bits per heavy atom. The standard InChI is InChI=1S/C11H12N4O/c1-2-8(4-12-3-1)9-5-13-6-10(9)11-14-7-16-15-11/h1-4,7,9-10,13H,5-6H2/t9-,10-/m1/s1. The van der Waals surface area contributed by atoms with E-state index in [1.807, 2.05) is 12.3 Å². The van der Waals surface area contributed by atoms with Gasteiger partial charge in [0.25, 0.3) is 0 Å². The molecule has 1 aliphatic rings. The van der Waals surface area contributed by atoms with Gasteiger partial charge in [-0.1, -0.05) is 11.2 Å². The average Bonchev–Trinajstić information content (AvgIpc) is 3.01. The monoisotopic (exact) mass is 216 g/mol. The third kappa shape index (κ3) is 1.59. The van der Waals surface area contributed by atoms with Gasteiger partial charge in [-0.25, -0.2) is 0 Å². The molecule has 3 rings (SSSR count). The van der Waals surface area contributed by atoms with Crippen molar-refractivity contribution in [3.05, 3.63) is 42.3 Å². The van der Waals surface area contributed by atoms with Gasteiger partial charge in [-0.2, -0.15) is 4.98 Å². The molecule has 2 aromatic heterocycles. The summed E-state index contributed by atoms with van der Waals surface area (Å²) in [5.41, 5.74) is 1.22. The molecule has 5 nitrogen and oxygen atoms in total. The average molecular weight is 216 g/mol. The molecule has 0 radical (unpaired) electrons. The molecular formula is C11H12N4O. The van der Waals surface area contributed by atoms with Crippen LogP contribution in [0.5, 0.6) is 0 Å². The van der Waals surface area contributed by atoms with Gasteiger partial charge in [-0.3, -0.25) is 4.98 Å². The number of hydrogen-bond acceptors (Lipinski definition) is 5. The van der Waals surface area contributed by atoms with Crippen molar-refractivity contribution in [3.63, 3.8) is 0 Å². The molecule has 0 bridgehead atoms. The maximum Gasteiger partial charge on any atom is 0.213 e. The first kappa shape index (κ1) is 9.47. The predicted octanol–water partition coefficient (Wildman–Crippen LogP) is 0.935. The van der Waals surface area contributed by atoms with E-state index < -0.39 is 0 Å². The van der Waals surface area contributed by atoms with Crippen molar-refractivity contribution < 1.29 is 4.52 Å². The Labute approximate surface area is 92.9 Å². The van der Waals surface area contributed by atoms with Crippen LogP contribution in [0.1, 0.15) is 23.2 Å². The zero-order valence-electron chi connectivity index (χ0n) is 8.71. The number of pyridine rings is 1. The first-order valence-electron chi connectivity index (χ1n) is 5.32. The number of nitrogens with one attached hydrogen (secondary N) is 1. The molecule has 2 aromatic rings. The number of nitrogens with zero attached hydrogens (tertiary/aromatic N) is 3. The highest BCUT2D eigenvalue weighted by Gasteiger charge is 2.32. The Hall–Kier alpha value is -1.75. The smallest absolute Gasteiger partial charge is 0.213 e. The molecule has 16 heavy (non-hydrogen) atoms. The van der Waals surface area contributed by atoms with Crippen LogP contribution in [0.4, 0.5) is 0 Å². The van der Waals surface area contributed by atoms with Crippen molar-refractivity contribution in [2.75, 3.05) is 13.1 Å². The van der Waals surface area contributed by atoms with Gasteiger partial charge >= 0.3 is 0 Å². The molecule has 0 unspecified atom stereocenters. The molecule has 1 fully saturated rings. The molecule has 0 amide bonds. The summed E-state index contributed by atoms with van der Waals surface area (Å²) in [5, 5.41) is 7.29. The first-order chi connectivity index (χ1) is 7.95. The van der Waals surface area contributed by atoms with E-state index in [0.717, 1.165) is 18.9 Å². The Kier molecular flexibility index (Phi) is 2.38. The summed E-state index contributed by atoms with van der Waals surface area (Å²) in [5.74, 6) is 1.44. The van der Waals surface area contributed by atoms with Crippen LogP contribution in [-0.4, -0.2) is 28.2 Å². The van der Waals surface area contributed by atoms with E-state index in [1.54, 1.807) is 6.20 Å². The molecular weight excluding hydrogens is 204 g/mol. The van der Waals surface area contributed by atoms with Crippen LogP contribution in [0.3, 0.4) is 0 Å². The topological polar surface area (TPSA) is 63.8 Å². The van der Waals surface area contributed by atoms with E-state index >= 15 is 0 Å². The van der Waals surface area contributed by atoms with Crippen molar-refractivity contribution in [3.8, 4) is 0 Å². The second-order valence-corrected chi connectivity index (χ2v) is 3.95. The summed E-state index contributed by atoms with van der Waals surface area (Å²) in [7, 11) is 0. The lowest BCUT2D eigenvalue weighted by molar-refractivity contribution is 0.403. The van der Waals surface area contributed by atoms with Gasteiger partial charge < -0.3 is 9.84 Å². The van der Waals surface area contributed by atoms with Crippen LogP contribution < -0.4 is 5.32 Å². The number of aromatic nitrogens is 3. The summed E-state index contributed by atoms with van der Waals surface area (Å²) in [6.45, 7) is 1.82. The van der Waals surface area contributed by atoms with Crippen LogP contribution in [0, 0.1) is 0 Å². The fourth-order valence-electron chi connectivity index (χ4n) is 2.24. The highest BCUT2D eigenvalue weighted by Crippen LogP contribution is 2.33. The van der Waals surface area contributed by atoms with Gasteiger partial charge in [0.05, 0.1) is 0 Å². The molecule has 0 aromatic carbocycles. The second-order valence-electron chi connectivity index (χ2n) is 3.95. The molecule has 82 valence electrons. The molecule has 5 heteroatoms. The van der Waals surface area contributed by atoms with Gasteiger partial charge in [-0.05, 0) is 11.6 Å². The molecule has 1 saturated heterocycles. The van der Waals surface area contributed by atoms with Crippen molar-refractivity contribution in [1.82, 2.24) is 20.4 Å². The second kappa shape index (κ2) is 4.02. The summed E-state index contributed by atoms with van der Waals surface area (Å²) in [6.07, 6.45) is 5.08. The molecule has 0 spiro atoms. The highest BCUT2D eigenvalue weighted by atomic mass is 16.5. The van der Waals surface area contributed by atoms with Gasteiger partial charge in [-0.15, -0.1) is 0 Å². The van der Waals surface area contributed by atoms with E-state index in [1.165, 1.54) is 12.0 Å². The van der Waals surface area contributed by atoms with Crippen molar-refractivity contribution in [2.24, 2.45) is 0 Å². The van der Waals surface area contributed by atoms with Gasteiger partial charge in [0.2, 0.25) is 6.39 Å². The van der Waals surface area contributed by atoms with Crippen LogP contribution in [0.15, 0.2) is 35.4 Å². The number of hydrogen-bond donors (Lipinski definition) is 1. The van der Waals surface area contributed by atoms with Gasteiger partial charge in [0.15, 0.2) is 5.82 Å². The maximum absolute atomic E-state index is 4.81. The fourth-order valence-corrected chi connectivity index (χ4v) is 2.24. The molecule has 1 aliphatic heterocycles. The lowest BCUT2D eigenvalue weighted by Crippen LogP contribution is -2.10. The van der Waals surface area contributed by atoms with Crippen LogP contribution in [-0.2, 0) is 0 Å². The highest BCUT2D eigenvalue weighted by molar-refractivity contribution is 5.22. The number of rotatable bonds is 2. The summed E-state index contributed by atoms with van der Waals surface area (Å²) < 4.78 is 4.81. The van der Waals surface area contributed by atoms with Crippen molar-refractivity contribution in [1.29, 1.82) is 0 Å².